The van der Waals surface area contributed by atoms with E-state index < -0.39 is 0 Å². The smallest absolute Gasteiger partial charge is 0.194 e. The van der Waals surface area contributed by atoms with Gasteiger partial charge in [0.05, 0.1) is 5.52 Å². The molecule has 0 unspecified atom stereocenters. The number of hydrogen-bond donors (Lipinski definition) is 0. The lowest BCUT2D eigenvalue weighted by atomic mass is 10.0. The third-order valence-electron chi connectivity index (χ3n) is 3.30. The number of rotatable bonds is 2. The predicted octanol–water partition coefficient (Wildman–Crippen LogP) is 4.38. The van der Waals surface area contributed by atoms with Gasteiger partial charge in [-0.05, 0) is 65.4 Å². The number of nitrogens with zero attached hydrogens (tertiary/aromatic N) is 1. The number of pyridine rings is 1. The van der Waals surface area contributed by atoms with E-state index in [0.717, 1.165) is 25.6 Å². The Hall–Kier alpha value is -1.75. The minimum atomic E-state index is 0.0591. The molecule has 0 saturated heterocycles. The molecule has 0 atom stereocenters. The quantitative estimate of drug-likeness (QED) is 0.493. The van der Waals surface area contributed by atoms with Crippen LogP contribution in [-0.4, -0.2) is 10.8 Å². The van der Waals surface area contributed by atoms with E-state index in [4.69, 9.17) is 0 Å². The first-order valence-electron chi connectivity index (χ1n) is 6.31. The van der Waals surface area contributed by atoms with Gasteiger partial charge < -0.3 is 0 Å². The molecule has 2 nitrogen and oxygen atoms in total. The largest absolute Gasteiger partial charge is 0.289 e. The summed E-state index contributed by atoms with van der Waals surface area (Å²) in [6.45, 7) is 2.02. The zero-order valence-electron chi connectivity index (χ0n) is 10.9. The van der Waals surface area contributed by atoms with Gasteiger partial charge in [-0.25, -0.2) is 0 Å². The van der Waals surface area contributed by atoms with Crippen LogP contribution < -0.4 is 0 Å². The lowest BCUT2D eigenvalue weighted by Crippen LogP contribution is -2.04. The molecule has 3 aromatic rings. The molecule has 0 spiro atoms. The summed E-state index contributed by atoms with van der Waals surface area (Å²) >= 11 is 2.23. The van der Waals surface area contributed by atoms with Gasteiger partial charge in [0.15, 0.2) is 5.78 Å². The third-order valence-corrected chi connectivity index (χ3v) is 4.73. The number of carbonyl (C=O) groups excluding carboxylic acids is 1. The molecule has 1 heterocycles. The van der Waals surface area contributed by atoms with Crippen LogP contribution in [0.5, 0.6) is 0 Å². The number of halogens is 1. The van der Waals surface area contributed by atoms with Crippen molar-refractivity contribution in [2.45, 2.75) is 6.92 Å². The fourth-order valence-electron chi connectivity index (χ4n) is 2.20. The number of benzene rings is 2. The van der Waals surface area contributed by atoms with Crippen molar-refractivity contribution >= 4 is 39.3 Å². The molecule has 3 rings (SSSR count). The zero-order valence-corrected chi connectivity index (χ0v) is 13.1. The number of ketones is 1. The number of carbonyl (C=O) groups is 1. The monoisotopic (exact) mass is 373 g/mol. The van der Waals surface area contributed by atoms with E-state index in [1.807, 2.05) is 55.5 Å². The zero-order chi connectivity index (χ0) is 14.1. The van der Waals surface area contributed by atoms with Gasteiger partial charge in [-0.15, -0.1) is 0 Å². The maximum absolute atomic E-state index is 12.6. The highest BCUT2D eigenvalue weighted by molar-refractivity contribution is 14.1. The number of fused-ring (bicyclic) bond motifs is 1. The number of aromatic nitrogens is 1. The lowest BCUT2D eigenvalue weighted by molar-refractivity contribution is 0.103. The number of aryl methyl sites for hydroxylation is 1. The fraction of sp³-hybridized carbons (Fsp3) is 0.0588. The summed E-state index contributed by atoms with van der Waals surface area (Å²) in [4.78, 5) is 16.9. The van der Waals surface area contributed by atoms with Crippen molar-refractivity contribution in [2.24, 2.45) is 0 Å². The molecule has 0 aliphatic carbocycles. The number of hydrogen-bond acceptors (Lipinski definition) is 2. The lowest BCUT2D eigenvalue weighted by Gasteiger charge is -2.07. The highest BCUT2D eigenvalue weighted by Crippen LogP contribution is 2.22. The first kappa shape index (κ1) is 13.2. The van der Waals surface area contributed by atoms with Crippen LogP contribution in [0, 0.1) is 10.5 Å². The summed E-state index contributed by atoms with van der Waals surface area (Å²) in [5, 5.41) is 0.987. The second-order valence-electron chi connectivity index (χ2n) is 4.68. The van der Waals surface area contributed by atoms with Gasteiger partial charge in [0.1, 0.15) is 0 Å². The van der Waals surface area contributed by atoms with Crippen LogP contribution in [-0.2, 0) is 0 Å². The molecule has 0 fully saturated rings. The van der Waals surface area contributed by atoms with Crippen molar-refractivity contribution in [2.75, 3.05) is 0 Å². The summed E-state index contributed by atoms with van der Waals surface area (Å²) in [5.41, 5.74) is 3.49. The fourth-order valence-corrected chi connectivity index (χ4v) is 2.80. The van der Waals surface area contributed by atoms with E-state index >= 15 is 0 Å². The molecule has 0 radical (unpaired) electrons. The average molecular weight is 373 g/mol. The van der Waals surface area contributed by atoms with E-state index in [2.05, 4.69) is 27.6 Å². The summed E-state index contributed by atoms with van der Waals surface area (Å²) in [6, 6.07) is 15.3. The van der Waals surface area contributed by atoms with Gasteiger partial charge in [0, 0.05) is 26.3 Å². The van der Waals surface area contributed by atoms with Crippen LogP contribution in [0.15, 0.2) is 54.7 Å². The van der Waals surface area contributed by atoms with Crippen molar-refractivity contribution in [3.05, 3.63) is 75.0 Å². The van der Waals surface area contributed by atoms with Gasteiger partial charge in [-0.1, -0.05) is 18.2 Å². The van der Waals surface area contributed by atoms with Crippen LogP contribution in [0.4, 0.5) is 0 Å². The molecule has 98 valence electrons. The van der Waals surface area contributed by atoms with Crippen molar-refractivity contribution in [3.63, 3.8) is 0 Å². The predicted molar refractivity (Wildman–Crippen MR) is 89.1 cm³/mol. The van der Waals surface area contributed by atoms with E-state index in [9.17, 15) is 4.79 Å². The summed E-state index contributed by atoms with van der Waals surface area (Å²) in [6.07, 6.45) is 1.76. The van der Waals surface area contributed by atoms with Crippen LogP contribution in [0.3, 0.4) is 0 Å². The maximum Gasteiger partial charge on any atom is 0.194 e. The standard InChI is InChI=1S/C17H12INO/c1-11-4-2-6-14(16(11)18)17(20)13-7-8-15-12(10-13)5-3-9-19-15/h2-10H,1H3. The Morgan fingerprint density at radius 2 is 1.95 bits per heavy atom. The molecule has 0 N–H and O–H groups in total. The van der Waals surface area contributed by atoms with Gasteiger partial charge in [0.25, 0.3) is 0 Å². The summed E-state index contributed by atoms with van der Waals surface area (Å²) in [7, 11) is 0. The van der Waals surface area contributed by atoms with E-state index in [-0.39, 0.29) is 5.78 Å². The molecule has 20 heavy (non-hydrogen) atoms. The molecule has 1 aromatic heterocycles. The first-order valence-corrected chi connectivity index (χ1v) is 7.39. The van der Waals surface area contributed by atoms with E-state index in [1.165, 1.54) is 0 Å². The first-order chi connectivity index (χ1) is 9.66. The molecular weight excluding hydrogens is 361 g/mol. The Morgan fingerprint density at radius 1 is 1.10 bits per heavy atom. The van der Waals surface area contributed by atoms with Crippen molar-refractivity contribution in [1.29, 1.82) is 0 Å². The SMILES string of the molecule is Cc1cccc(C(=O)c2ccc3ncccc3c2)c1I. The molecular formula is C17H12INO. The Morgan fingerprint density at radius 3 is 2.80 bits per heavy atom. The normalized spacial score (nSPS) is 10.7. The Labute approximate surface area is 131 Å². The summed E-state index contributed by atoms with van der Waals surface area (Å²) < 4.78 is 1.02. The van der Waals surface area contributed by atoms with E-state index in [0.29, 0.717) is 5.56 Å². The van der Waals surface area contributed by atoms with Crippen molar-refractivity contribution in [1.82, 2.24) is 4.98 Å². The average Bonchev–Trinajstić information content (AvgIpc) is 2.49. The van der Waals surface area contributed by atoms with Crippen LogP contribution in [0.2, 0.25) is 0 Å². The van der Waals surface area contributed by atoms with E-state index in [1.54, 1.807) is 6.20 Å². The molecule has 0 aliphatic heterocycles. The minimum Gasteiger partial charge on any atom is -0.289 e. The Kier molecular flexibility index (Phi) is 3.53. The molecule has 2 aromatic carbocycles. The molecule has 0 amide bonds. The Balaban J connectivity index is 2.10. The van der Waals surface area contributed by atoms with Crippen LogP contribution in [0.1, 0.15) is 21.5 Å². The van der Waals surface area contributed by atoms with Gasteiger partial charge >= 0.3 is 0 Å². The Bertz CT molecular complexity index is 811. The topological polar surface area (TPSA) is 30.0 Å². The highest BCUT2D eigenvalue weighted by atomic mass is 127. The van der Waals surface area contributed by atoms with Gasteiger partial charge in [-0.2, -0.15) is 0 Å². The maximum atomic E-state index is 12.6. The second-order valence-corrected chi connectivity index (χ2v) is 5.76. The molecule has 0 aliphatic rings. The van der Waals surface area contributed by atoms with Crippen molar-refractivity contribution < 1.29 is 4.79 Å². The second kappa shape index (κ2) is 5.32. The third kappa shape index (κ3) is 2.33. The van der Waals surface area contributed by atoms with Gasteiger partial charge in [0.2, 0.25) is 0 Å². The van der Waals surface area contributed by atoms with Crippen LogP contribution >= 0.6 is 22.6 Å². The van der Waals surface area contributed by atoms with Crippen LogP contribution in [0.25, 0.3) is 10.9 Å². The summed E-state index contributed by atoms with van der Waals surface area (Å²) in [5.74, 6) is 0.0591. The molecule has 3 heteroatoms. The highest BCUT2D eigenvalue weighted by Gasteiger charge is 2.13. The minimum absolute atomic E-state index is 0.0591. The van der Waals surface area contributed by atoms with Gasteiger partial charge in [-0.3, -0.25) is 9.78 Å². The molecule has 0 saturated carbocycles. The van der Waals surface area contributed by atoms with Crippen molar-refractivity contribution in [3.8, 4) is 0 Å². The molecule has 0 bridgehead atoms.